The van der Waals surface area contributed by atoms with Crippen molar-refractivity contribution in [2.24, 2.45) is 0 Å². The molecule has 1 aliphatic heterocycles. The van der Waals surface area contributed by atoms with Crippen LogP contribution in [-0.2, 0) is 9.53 Å². The van der Waals surface area contributed by atoms with E-state index >= 15 is 0 Å². The summed E-state index contributed by atoms with van der Waals surface area (Å²) >= 11 is 0. The fourth-order valence-electron chi connectivity index (χ4n) is 2.34. The predicted octanol–water partition coefficient (Wildman–Crippen LogP) is 1.11. The Morgan fingerprint density at radius 2 is 2.35 bits per heavy atom. The van der Waals surface area contributed by atoms with Gasteiger partial charge in [-0.2, -0.15) is 5.10 Å². The van der Waals surface area contributed by atoms with Crippen molar-refractivity contribution in [3.63, 3.8) is 0 Å². The zero-order valence-corrected chi connectivity index (χ0v) is 12.0. The maximum absolute atomic E-state index is 13.4. The lowest BCUT2D eigenvalue weighted by atomic mass is 10.1. The standard InChI is InChI=1S/C14H14F2N4O3/c15-8-1-2-11(9(16)5-8)23-6-12(21)19-10-3-4-22-13(10)14-17-7-18-20-14/h1-2,5,7,10,13H,3-4,6H2,(H,19,21)(H,17,18,20)/t10-,13+/m0/s1. The van der Waals surface area contributed by atoms with Gasteiger partial charge >= 0.3 is 0 Å². The van der Waals surface area contributed by atoms with Crippen molar-refractivity contribution in [1.29, 1.82) is 0 Å². The number of nitrogens with zero attached hydrogens (tertiary/aromatic N) is 2. The van der Waals surface area contributed by atoms with Crippen LogP contribution in [0.4, 0.5) is 8.78 Å². The largest absolute Gasteiger partial charge is 0.481 e. The van der Waals surface area contributed by atoms with Gasteiger partial charge in [0.05, 0.1) is 6.04 Å². The molecule has 1 aromatic carbocycles. The Morgan fingerprint density at radius 3 is 3.09 bits per heavy atom. The molecule has 2 aromatic rings. The number of hydrogen-bond acceptors (Lipinski definition) is 5. The zero-order chi connectivity index (χ0) is 16.2. The van der Waals surface area contributed by atoms with E-state index < -0.39 is 23.6 Å². The number of hydrogen-bond donors (Lipinski definition) is 2. The van der Waals surface area contributed by atoms with Crippen LogP contribution < -0.4 is 10.1 Å². The molecule has 0 aliphatic carbocycles. The van der Waals surface area contributed by atoms with E-state index in [1.807, 2.05) is 0 Å². The van der Waals surface area contributed by atoms with E-state index in [0.29, 0.717) is 24.9 Å². The number of benzene rings is 1. The minimum absolute atomic E-state index is 0.184. The molecule has 7 nitrogen and oxygen atoms in total. The van der Waals surface area contributed by atoms with Crippen molar-refractivity contribution in [2.45, 2.75) is 18.6 Å². The van der Waals surface area contributed by atoms with Crippen LogP contribution >= 0.6 is 0 Å². The van der Waals surface area contributed by atoms with Gasteiger partial charge in [-0.1, -0.05) is 0 Å². The number of amides is 1. The van der Waals surface area contributed by atoms with Crippen LogP contribution in [0, 0.1) is 11.6 Å². The van der Waals surface area contributed by atoms with E-state index in [0.717, 1.165) is 12.1 Å². The second-order valence-corrected chi connectivity index (χ2v) is 4.99. The highest BCUT2D eigenvalue weighted by atomic mass is 19.1. The maximum Gasteiger partial charge on any atom is 0.258 e. The Kier molecular flexibility index (Phi) is 4.47. The van der Waals surface area contributed by atoms with Gasteiger partial charge in [-0.15, -0.1) is 0 Å². The van der Waals surface area contributed by atoms with Crippen LogP contribution in [0.1, 0.15) is 18.3 Å². The summed E-state index contributed by atoms with van der Waals surface area (Å²) in [6, 6.07) is 2.60. The number of aromatic amines is 1. The third kappa shape index (κ3) is 3.62. The molecule has 122 valence electrons. The number of aromatic nitrogens is 3. The lowest BCUT2D eigenvalue weighted by Gasteiger charge is -2.18. The molecular formula is C14H14F2N4O3. The van der Waals surface area contributed by atoms with Crippen molar-refractivity contribution in [3.05, 3.63) is 42.0 Å². The molecule has 1 amide bonds. The van der Waals surface area contributed by atoms with E-state index in [4.69, 9.17) is 9.47 Å². The monoisotopic (exact) mass is 324 g/mol. The number of H-pyrrole nitrogens is 1. The second kappa shape index (κ2) is 6.69. The molecule has 2 heterocycles. The van der Waals surface area contributed by atoms with Crippen molar-refractivity contribution in [3.8, 4) is 5.75 Å². The van der Waals surface area contributed by atoms with Crippen molar-refractivity contribution < 1.29 is 23.0 Å². The summed E-state index contributed by atoms with van der Waals surface area (Å²) in [4.78, 5) is 15.9. The average Bonchev–Trinajstić information content (AvgIpc) is 3.17. The van der Waals surface area contributed by atoms with Gasteiger partial charge in [-0.3, -0.25) is 9.89 Å². The molecule has 0 unspecified atom stereocenters. The molecule has 23 heavy (non-hydrogen) atoms. The summed E-state index contributed by atoms with van der Waals surface area (Å²) in [5.41, 5.74) is 0. The normalized spacial score (nSPS) is 20.4. The number of rotatable bonds is 5. The van der Waals surface area contributed by atoms with Crippen LogP contribution in [0.3, 0.4) is 0 Å². The second-order valence-electron chi connectivity index (χ2n) is 4.99. The van der Waals surface area contributed by atoms with Gasteiger partial charge in [0.25, 0.3) is 5.91 Å². The van der Waals surface area contributed by atoms with Gasteiger partial charge in [0.1, 0.15) is 18.2 Å². The topological polar surface area (TPSA) is 89.1 Å². The summed E-state index contributed by atoms with van der Waals surface area (Å²) in [6.07, 6.45) is 1.56. The van der Waals surface area contributed by atoms with Gasteiger partial charge < -0.3 is 14.8 Å². The van der Waals surface area contributed by atoms with Gasteiger partial charge in [-0.25, -0.2) is 13.8 Å². The third-order valence-corrected chi connectivity index (χ3v) is 3.39. The van der Waals surface area contributed by atoms with Crippen molar-refractivity contribution >= 4 is 5.91 Å². The first-order valence-electron chi connectivity index (χ1n) is 6.97. The first-order chi connectivity index (χ1) is 11.1. The fourth-order valence-corrected chi connectivity index (χ4v) is 2.34. The summed E-state index contributed by atoms with van der Waals surface area (Å²) < 4.78 is 36.8. The Morgan fingerprint density at radius 1 is 1.48 bits per heavy atom. The average molecular weight is 324 g/mol. The van der Waals surface area contributed by atoms with Gasteiger partial charge in [-0.05, 0) is 18.6 Å². The number of carbonyl (C=O) groups excluding carboxylic acids is 1. The molecule has 1 saturated heterocycles. The SMILES string of the molecule is O=C(COc1ccc(F)cc1F)N[C@H]1CCO[C@H]1c1ncn[nH]1. The highest BCUT2D eigenvalue weighted by Crippen LogP contribution is 2.26. The van der Waals surface area contributed by atoms with Crippen LogP contribution in [0.25, 0.3) is 0 Å². The Labute approximate surface area is 130 Å². The first kappa shape index (κ1) is 15.3. The Bertz CT molecular complexity index is 681. The number of nitrogens with one attached hydrogen (secondary N) is 2. The van der Waals surface area contributed by atoms with Crippen LogP contribution in [0.15, 0.2) is 24.5 Å². The number of ether oxygens (including phenoxy) is 2. The quantitative estimate of drug-likeness (QED) is 0.860. The molecule has 0 radical (unpaired) electrons. The molecule has 0 spiro atoms. The molecule has 1 aromatic heterocycles. The molecule has 1 aliphatic rings. The summed E-state index contributed by atoms with van der Waals surface area (Å²) in [6.45, 7) is 0.0892. The zero-order valence-electron chi connectivity index (χ0n) is 12.0. The smallest absolute Gasteiger partial charge is 0.258 e. The van der Waals surface area contributed by atoms with Crippen molar-refractivity contribution in [2.75, 3.05) is 13.2 Å². The van der Waals surface area contributed by atoms with Gasteiger partial charge in [0.15, 0.2) is 24.0 Å². The summed E-state index contributed by atoms with van der Waals surface area (Å²) in [5.74, 6) is -1.66. The molecule has 2 atom stereocenters. The third-order valence-electron chi connectivity index (χ3n) is 3.39. The lowest BCUT2D eigenvalue weighted by molar-refractivity contribution is -0.124. The van der Waals surface area contributed by atoms with Crippen LogP contribution in [0.2, 0.25) is 0 Å². The van der Waals surface area contributed by atoms with E-state index in [1.54, 1.807) is 0 Å². The molecule has 2 N–H and O–H groups in total. The summed E-state index contributed by atoms with van der Waals surface area (Å²) in [7, 11) is 0. The highest BCUT2D eigenvalue weighted by molar-refractivity contribution is 5.78. The van der Waals surface area contributed by atoms with Crippen LogP contribution in [-0.4, -0.2) is 40.3 Å². The van der Waals surface area contributed by atoms with E-state index in [2.05, 4.69) is 20.5 Å². The molecule has 3 rings (SSSR count). The van der Waals surface area contributed by atoms with E-state index in [9.17, 15) is 13.6 Å². The summed E-state index contributed by atoms with van der Waals surface area (Å²) in [5, 5.41) is 9.19. The molecule has 0 saturated carbocycles. The number of carbonyl (C=O) groups is 1. The maximum atomic E-state index is 13.4. The first-order valence-corrected chi connectivity index (χ1v) is 6.97. The Balaban J connectivity index is 1.55. The fraction of sp³-hybridized carbons (Fsp3) is 0.357. The molecule has 9 heteroatoms. The lowest BCUT2D eigenvalue weighted by Crippen LogP contribution is -2.39. The minimum Gasteiger partial charge on any atom is -0.481 e. The van der Waals surface area contributed by atoms with Crippen LogP contribution in [0.5, 0.6) is 5.75 Å². The highest BCUT2D eigenvalue weighted by Gasteiger charge is 2.33. The molecular weight excluding hydrogens is 310 g/mol. The van der Waals surface area contributed by atoms with E-state index in [-0.39, 0.29) is 18.4 Å². The number of halogens is 2. The minimum atomic E-state index is -0.860. The molecule has 0 bridgehead atoms. The van der Waals surface area contributed by atoms with E-state index in [1.165, 1.54) is 6.33 Å². The molecule has 1 fully saturated rings. The predicted molar refractivity (Wildman–Crippen MR) is 73.5 cm³/mol. The Hall–Kier alpha value is -2.55. The van der Waals surface area contributed by atoms with Gasteiger partial charge in [0, 0.05) is 12.7 Å². The van der Waals surface area contributed by atoms with Crippen molar-refractivity contribution in [1.82, 2.24) is 20.5 Å². The van der Waals surface area contributed by atoms with Gasteiger partial charge in [0.2, 0.25) is 0 Å².